The Bertz CT molecular complexity index is 347. The normalized spacial score (nSPS) is 9.92. The number of phenolic OH excluding ortho intramolecular Hbond substituents is 1. The van der Waals surface area contributed by atoms with Crippen LogP contribution in [0.4, 0.5) is 0 Å². The van der Waals surface area contributed by atoms with E-state index in [2.05, 4.69) is 0 Å². The highest BCUT2D eigenvalue weighted by Gasteiger charge is 2.13. The van der Waals surface area contributed by atoms with Gasteiger partial charge in [-0.2, -0.15) is 0 Å². The zero-order valence-corrected chi connectivity index (χ0v) is 7.24. The molecule has 0 aliphatic heterocycles. The van der Waals surface area contributed by atoms with Gasteiger partial charge in [-0.05, 0) is 18.6 Å². The number of hydrogen-bond acceptors (Lipinski definition) is 3. The lowest BCUT2D eigenvalue weighted by molar-refractivity contribution is 0.0997. The summed E-state index contributed by atoms with van der Waals surface area (Å²) in [5.41, 5.74) is 5.39. The Kier molecular flexibility index (Phi) is 2.41. The number of hydrogen-bond donors (Lipinski definition) is 3. The van der Waals surface area contributed by atoms with E-state index in [1.54, 1.807) is 6.92 Å². The van der Waals surface area contributed by atoms with E-state index in [1.165, 1.54) is 12.1 Å². The number of aromatic hydroxyl groups is 2. The number of carbonyl (C=O) groups excluding carboxylic acids is 1. The van der Waals surface area contributed by atoms with Crippen LogP contribution in [0.5, 0.6) is 11.5 Å². The Morgan fingerprint density at radius 1 is 1.46 bits per heavy atom. The molecule has 0 saturated heterocycles. The summed E-state index contributed by atoms with van der Waals surface area (Å²) in [4.78, 5) is 10.8. The van der Waals surface area contributed by atoms with Crippen molar-refractivity contribution in [2.24, 2.45) is 5.73 Å². The Morgan fingerprint density at radius 3 is 2.54 bits per heavy atom. The Balaban J connectivity index is 3.35. The minimum absolute atomic E-state index is 0.0231. The second kappa shape index (κ2) is 3.35. The van der Waals surface area contributed by atoms with Crippen LogP contribution in [0.15, 0.2) is 12.1 Å². The highest BCUT2D eigenvalue weighted by molar-refractivity contribution is 5.96. The van der Waals surface area contributed by atoms with Gasteiger partial charge in [0.2, 0.25) is 0 Å². The van der Waals surface area contributed by atoms with Crippen molar-refractivity contribution in [2.75, 3.05) is 0 Å². The molecule has 0 radical (unpaired) electrons. The molecule has 4 heteroatoms. The SMILES string of the molecule is CCc1c(O)ccc(C(N)=O)c1O. The van der Waals surface area contributed by atoms with Crippen molar-refractivity contribution in [2.45, 2.75) is 13.3 Å². The lowest BCUT2D eigenvalue weighted by Gasteiger charge is -2.07. The number of amides is 1. The Hall–Kier alpha value is -1.71. The third kappa shape index (κ3) is 1.56. The fraction of sp³-hybridized carbons (Fsp3) is 0.222. The van der Waals surface area contributed by atoms with Crippen molar-refractivity contribution >= 4 is 5.91 Å². The summed E-state index contributed by atoms with van der Waals surface area (Å²) >= 11 is 0. The standard InChI is InChI=1S/C9H11NO3/c1-2-5-7(11)4-3-6(8(5)12)9(10)13/h3-4,11-12H,2H2,1H3,(H2,10,13). The average molecular weight is 181 g/mol. The third-order valence-corrected chi connectivity index (χ3v) is 1.88. The molecule has 0 saturated carbocycles. The first kappa shape index (κ1) is 9.38. The van der Waals surface area contributed by atoms with E-state index in [0.717, 1.165) is 0 Å². The molecule has 0 bridgehead atoms. The van der Waals surface area contributed by atoms with Gasteiger partial charge in [-0.3, -0.25) is 4.79 Å². The van der Waals surface area contributed by atoms with Crippen LogP contribution in [-0.2, 0) is 6.42 Å². The zero-order chi connectivity index (χ0) is 10.0. The molecule has 0 heterocycles. The average Bonchev–Trinajstić information content (AvgIpc) is 2.04. The number of primary amides is 1. The maximum Gasteiger partial charge on any atom is 0.252 e. The van der Waals surface area contributed by atoms with Crippen molar-refractivity contribution in [1.29, 1.82) is 0 Å². The van der Waals surface area contributed by atoms with E-state index in [4.69, 9.17) is 5.73 Å². The highest BCUT2D eigenvalue weighted by atomic mass is 16.3. The predicted octanol–water partition coefficient (Wildman–Crippen LogP) is 0.759. The zero-order valence-electron chi connectivity index (χ0n) is 7.24. The Labute approximate surface area is 75.6 Å². The second-order valence-electron chi connectivity index (χ2n) is 2.68. The summed E-state index contributed by atoms with van der Waals surface area (Å²) in [5, 5.41) is 18.8. The fourth-order valence-corrected chi connectivity index (χ4v) is 1.17. The molecule has 0 spiro atoms. The van der Waals surface area contributed by atoms with E-state index >= 15 is 0 Å². The summed E-state index contributed by atoms with van der Waals surface area (Å²) < 4.78 is 0. The lowest BCUT2D eigenvalue weighted by Crippen LogP contribution is -2.11. The molecule has 0 aliphatic carbocycles. The summed E-state index contributed by atoms with van der Waals surface area (Å²) in [7, 11) is 0. The molecular formula is C9H11NO3. The number of rotatable bonds is 2. The highest BCUT2D eigenvalue weighted by Crippen LogP contribution is 2.30. The fourth-order valence-electron chi connectivity index (χ4n) is 1.17. The molecule has 0 fully saturated rings. The van der Waals surface area contributed by atoms with Crippen molar-refractivity contribution in [3.63, 3.8) is 0 Å². The van der Waals surface area contributed by atoms with Crippen molar-refractivity contribution in [3.05, 3.63) is 23.3 Å². The van der Waals surface area contributed by atoms with Crippen molar-refractivity contribution < 1.29 is 15.0 Å². The van der Waals surface area contributed by atoms with Crippen molar-refractivity contribution in [1.82, 2.24) is 0 Å². The smallest absolute Gasteiger partial charge is 0.252 e. The second-order valence-corrected chi connectivity index (χ2v) is 2.68. The molecule has 1 aromatic rings. The number of carbonyl (C=O) groups is 1. The van der Waals surface area contributed by atoms with Gasteiger partial charge in [-0.15, -0.1) is 0 Å². The van der Waals surface area contributed by atoms with Gasteiger partial charge in [-0.25, -0.2) is 0 Å². The minimum atomic E-state index is -0.702. The van der Waals surface area contributed by atoms with E-state index in [-0.39, 0.29) is 17.1 Å². The van der Waals surface area contributed by atoms with Gasteiger partial charge >= 0.3 is 0 Å². The molecule has 0 aliphatic rings. The molecule has 1 amide bonds. The maximum atomic E-state index is 10.8. The number of phenols is 2. The first-order chi connectivity index (χ1) is 6.07. The van der Waals surface area contributed by atoms with E-state index in [1.807, 2.05) is 0 Å². The van der Waals surface area contributed by atoms with Gasteiger partial charge in [0.25, 0.3) is 5.91 Å². The van der Waals surface area contributed by atoms with Crippen molar-refractivity contribution in [3.8, 4) is 11.5 Å². The van der Waals surface area contributed by atoms with Gasteiger partial charge in [-0.1, -0.05) is 6.92 Å². The third-order valence-electron chi connectivity index (χ3n) is 1.88. The summed E-state index contributed by atoms with van der Waals surface area (Å²) in [5.74, 6) is -0.952. The van der Waals surface area contributed by atoms with Gasteiger partial charge in [0, 0.05) is 5.56 Å². The van der Waals surface area contributed by atoms with Crippen LogP contribution in [-0.4, -0.2) is 16.1 Å². The molecule has 4 nitrogen and oxygen atoms in total. The van der Waals surface area contributed by atoms with Crippen LogP contribution in [0.1, 0.15) is 22.8 Å². The quantitative estimate of drug-likeness (QED) is 0.629. The van der Waals surface area contributed by atoms with Gasteiger partial charge in [0.1, 0.15) is 11.5 Å². The largest absolute Gasteiger partial charge is 0.508 e. The molecular weight excluding hydrogens is 170 g/mol. The van der Waals surface area contributed by atoms with Gasteiger partial charge in [0.15, 0.2) is 0 Å². The molecule has 1 aromatic carbocycles. The van der Waals surface area contributed by atoms with Crippen LogP contribution in [0, 0.1) is 0 Å². The van der Waals surface area contributed by atoms with Crippen LogP contribution < -0.4 is 5.73 Å². The number of nitrogens with two attached hydrogens (primary N) is 1. The summed E-state index contributed by atoms with van der Waals surface area (Å²) in [6.45, 7) is 1.76. The molecule has 4 N–H and O–H groups in total. The van der Waals surface area contributed by atoms with E-state index < -0.39 is 5.91 Å². The predicted molar refractivity (Wildman–Crippen MR) is 47.7 cm³/mol. The summed E-state index contributed by atoms with van der Waals surface area (Å²) in [6, 6.07) is 2.64. The first-order valence-corrected chi connectivity index (χ1v) is 3.91. The van der Waals surface area contributed by atoms with Crippen LogP contribution >= 0.6 is 0 Å². The molecule has 13 heavy (non-hydrogen) atoms. The van der Waals surface area contributed by atoms with Crippen LogP contribution in [0.2, 0.25) is 0 Å². The van der Waals surface area contributed by atoms with Crippen LogP contribution in [0.3, 0.4) is 0 Å². The van der Waals surface area contributed by atoms with Gasteiger partial charge < -0.3 is 15.9 Å². The van der Waals surface area contributed by atoms with Crippen LogP contribution in [0.25, 0.3) is 0 Å². The molecule has 1 rings (SSSR count). The molecule has 0 unspecified atom stereocenters. The minimum Gasteiger partial charge on any atom is -0.508 e. The summed E-state index contributed by atoms with van der Waals surface area (Å²) in [6.07, 6.45) is 0.443. The first-order valence-electron chi connectivity index (χ1n) is 3.91. The monoisotopic (exact) mass is 181 g/mol. The molecule has 70 valence electrons. The van der Waals surface area contributed by atoms with Gasteiger partial charge in [0.05, 0.1) is 5.56 Å². The van der Waals surface area contributed by atoms with E-state index in [9.17, 15) is 15.0 Å². The number of benzene rings is 1. The lowest BCUT2D eigenvalue weighted by atomic mass is 10.1. The topological polar surface area (TPSA) is 83.5 Å². The molecule has 0 aromatic heterocycles. The maximum absolute atomic E-state index is 10.8. The Morgan fingerprint density at radius 2 is 2.08 bits per heavy atom. The van der Waals surface area contributed by atoms with E-state index in [0.29, 0.717) is 12.0 Å². The molecule has 0 atom stereocenters.